The molecule has 0 bridgehead atoms. The smallest absolute Gasteiger partial charge is 0.375 e. The lowest BCUT2D eigenvalue weighted by molar-refractivity contribution is -0.123. The second kappa shape index (κ2) is 9.51. The monoisotopic (exact) mass is 460 g/mol. The van der Waals surface area contributed by atoms with Crippen molar-refractivity contribution >= 4 is 38.6 Å². The lowest BCUT2D eigenvalue weighted by Gasteiger charge is -2.14. The number of hydrogen-bond acceptors (Lipinski definition) is 7. The summed E-state index contributed by atoms with van der Waals surface area (Å²) in [4.78, 5) is 25.1. The molecule has 32 heavy (non-hydrogen) atoms. The van der Waals surface area contributed by atoms with Gasteiger partial charge in [0.05, 0.1) is 17.6 Å². The fourth-order valence-electron chi connectivity index (χ4n) is 2.90. The first kappa shape index (κ1) is 23.5. The van der Waals surface area contributed by atoms with Gasteiger partial charge >= 0.3 is 5.97 Å². The van der Waals surface area contributed by atoms with Gasteiger partial charge in [0.25, 0.3) is 5.91 Å². The summed E-state index contributed by atoms with van der Waals surface area (Å²) in [5.74, 6) is -1.42. The number of nitrogens with one attached hydrogen (secondary N) is 1. The van der Waals surface area contributed by atoms with E-state index in [0.717, 1.165) is 5.39 Å². The average Bonchev–Trinajstić information content (AvgIpc) is 3.10. The zero-order valence-electron chi connectivity index (χ0n) is 17.8. The van der Waals surface area contributed by atoms with Crippen LogP contribution in [-0.4, -0.2) is 32.5 Å². The summed E-state index contributed by atoms with van der Waals surface area (Å²) in [7, 11) is -3.84. The number of para-hydroxylation sites is 1. The largest absolute Gasteiger partial charge is 0.449 e. The Kier molecular flexibility index (Phi) is 6.97. The fraction of sp³-hybridized carbons (Fsp3) is 0.273. The number of fused-ring (bicyclic) bond motifs is 1. The second-order valence-corrected chi connectivity index (χ2v) is 8.93. The van der Waals surface area contributed by atoms with Crippen molar-refractivity contribution in [2.45, 2.75) is 44.5 Å². The molecule has 0 aliphatic carbocycles. The van der Waals surface area contributed by atoms with Gasteiger partial charge in [0, 0.05) is 16.6 Å². The molecule has 170 valence electrons. The quantitative estimate of drug-likeness (QED) is 0.492. The molecule has 1 atom stereocenters. The summed E-state index contributed by atoms with van der Waals surface area (Å²) in [5.41, 5.74) is 1.37. The second-order valence-electron chi connectivity index (χ2n) is 7.37. The summed E-state index contributed by atoms with van der Waals surface area (Å²) in [6.07, 6.45) is -1.20. The third-order valence-electron chi connectivity index (χ3n) is 4.55. The number of hydrogen-bond donors (Lipinski definition) is 2. The average molecular weight is 461 g/mol. The molecule has 9 nitrogen and oxygen atoms in total. The Morgan fingerprint density at radius 2 is 1.72 bits per heavy atom. The number of benzene rings is 2. The van der Waals surface area contributed by atoms with Crippen LogP contribution in [0.25, 0.3) is 11.0 Å². The summed E-state index contributed by atoms with van der Waals surface area (Å²) in [6, 6.07) is 12.4. The molecule has 3 rings (SSSR count). The van der Waals surface area contributed by atoms with E-state index in [9.17, 15) is 18.0 Å². The van der Waals surface area contributed by atoms with E-state index >= 15 is 0 Å². The third-order valence-corrected chi connectivity index (χ3v) is 5.48. The van der Waals surface area contributed by atoms with Gasteiger partial charge in [-0.25, -0.2) is 18.4 Å². The number of amides is 1. The number of nitrogens with two attached hydrogens (primary N) is 1. The van der Waals surface area contributed by atoms with E-state index in [4.69, 9.17) is 19.0 Å². The molecule has 0 aliphatic heterocycles. The lowest BCUT2D eigenvalue weighted by atomic mass is 10.1. The first-order chi connectivity index (χ1) is 15.1. The summed E-state index contributed by atoms with van der Waals surface area (Å²) in [6.45, 7) is 5.32. The van der Waals surface area contributed by atoms with Crippen LogP contribution in [0.5, 0.6) is 0 Å². The number of anilines is 1. The third kappa shape index (κ3) is 5.52. The molecule has 1 aromatic heterocycles. The molecule has 3 N–H and O–H groups in total. The number of carbonyl (C=O) groups excluding carboxylic acids is 2. The van der Waals surface area contributed by atoms with Crippen LogP contribution in [0.1, 0.15) is 36.9 Å². The standard InChI is InChI=1S/C22H24N2O7S/c1-13(2)29-12-18-17-6-4-5-7-19(17)31-20(18)22(26)30-14(3)21(25)24-15-8-10-16(11-9-15)32(23,27)28/h4-11,13-14H,12H2,1-3H3,(H,24,25)(H2,23,27,28)/t14-/m1/s1. The number of rotatable bonds is 8. The van der Waals surface area contributed by atoms with E-state index < -0.39 is 28.0 Å². The molecule has 10 heteroatoms. The highest BCUT2D eigenvalue weighted by Crippen LogP contribution is 2.28. The van der Waals surface area contributed by atoms with Crippen molar-refractivity contribution in [3.8, 4) is 0 Å². The fourth-order valence-corrected chi connectivity index (χ4v) is 3.41. The molecule has 0 radical (unpaired) electrons. The van der Waals surface area contributed by atoms with E-state index in [1.165, 1.54) is 31.2 Å². The highest BCUT2D eigenvalue weighted by Gasteiger charge is 2.26. The van der Waals surface area contributed by atoms with E-state index in [0.29, 0.717) is 16.8 Å². The van der Waals surface area contributed by atoms with Gasteiger partial charge in [0.15, 0.2) is 6.10 Å². The molecule has 1 amide bonds. The minimum atomic E-state index is -3.84. The van der Waals surface area contributed by atoms with E-state index in [-0.39, 0.29) is 23.4 Å². The van der Waals surface area contributed by atoms with Crippen LogP contribution in [0.4, 0.5) is 5.69 Å². The van der Waals surface area contributed by atoms with Crippen LogP contribution in [0, 0.1) is 0 Å². The molecule has 0 unspecified atom stereocenters. The Labute approximate surface area is 185 Å². The summed E-state index contributed by atoms with van der Waals surface area (Å²) >= 11 is 0. The Bertz CT molecular complexity index is 1230. The number of primary sulfonamides is 1. The lowest BCUT2D eigenvalue weighted by Crippen LogP contribution is -2.30. The number of furan rings is 1. The minimum absolute atomic E-state index is 0.0241. The zero-order valence-corrected chi connectivity index (χ0v) is 18.6. The van der Waals surface area contributed by atoms with Crippen LogP contribution >= 0.6 is 0 Å². The number of carbonyl (C=O) groups is 2. The molecular formula is C22H24N2O7S. The molecule has 0 aliphatic rings. The van der Waals surface area contributed by atoms with Crippen LogP contribution in [0.15, 0.2) is 57.8 Å². The van der Waals surface area contributed by atoms with Crippen molar-refractivity contribution in [2.24, 2.45) is 5.14 Å². The predicted octanol–water partition coefficient (Wildman–Crippen LogP) is 3.19. The number of sulfonamides is 1. The van der Waals surface area contributed by atoms with Gasteiger partial charge < -0.3 is 19.2 Å². The first-order valence-electron chi connectivity index (χ1n) is 9.83. The van der Waals surface area contributed by atoms with E-state index in [1.54, 1.807) is 12.1 Å². The zero-order chi connectivity index (χ0) is 23.5. The molecule has 0 saturated heterocycles. The van der Waals surface area contributed by atoms with Crippen LogP contribution in [0.3, 0.4) is 0 Å². The summed E-state index contributed by atoms with van der Waals surface area (Å²) < 4.78 is 39.3. The highest BCUT2D eigenvalue weighted by molar-refractivity contribution is 7.89. The van der Waals surface area contributed by atoms with Gasteiger partial charge in [-0.1, -0.05) is 18.2 Å². The van der Waals surface area contributed by atoms with E-state index in [1.807, 2.05) is 26.0 Å². The van der Waals surface area contributed by atoms with Crippen molar-refractivity contribution in [1.29, 1.82) is 0 Å². The van der Waals surface area contributed by atoms with Gasteiger partial charge in [0.2, 0.25) is 15.8 Å². The van der Waals surface area contributed by atoms with Gasteiger partial charge in [0.1, 0.15) is 5.58 Å². The molecule has 2 aromatic carbocycles. The Morgan fingerprint density at radius 3 is 2.34 bits per heavy atom. The van der Waals surface area contributed by atoms with Crippen molar-refractivity contribution in [1.82, 2.24) is 0 Å². The number of esters is 1. The van der Waals surface area contributed by atoms with Crippen molar-refractivity contribution in [3.05, 3.63) is 59.9 Å². The van der Waals surface area contributed by atoms with Gasteiger partial charge in [-0.2, -0.15) is 0 Å². The highest BCUT2D eigenvalue weighted by atomic mass is 32.2. The Morgan fingerprint density at radius 1 is 1.06 bits per heavy atom. The van der Waals surface area contributed by atoms with Crippen molar-refractivity contribution < 1.29 is 31.9 Å². The maximum Gasteiger partial charge on any atom is 0.375 e. The van der Waals surface area contributed by atoms with Gasteiger partial charge in [-0.05, 0) is 51.1 Å². The van der Waals surface area contributed by atoms with E-state index in [2.05, 4.69) is 5.32 Å². The Hall–Kier alpha value is -3.21. The maximum absolute atomic E-state index is 12.8. The molecule has 0 fully saturated rings. The van der Waals surface area contributed by atoms with Crippen molar-refractivity contribution in [3.63, 3.8) is 0 Å². The summed E-state index contributed by atoms with van der Waals surface area (Å²) in [5, 5.41) is 8.33. The molecule has 0 spiro atoms. The SMILES string of the molecule is CC(C)OCc1c(C(=O)O[C@H](C)C(=O)Nc2ccc(S(N)(=O)=O)cc2)oc2ccccc12. The minimum Gasteiger partial charge on any atom is -0.449 e. The van der Waals surface area contributed by atoms with Crippen LogP contribution < -0.4 is 10.5 Å². The van der Waals surface area contributed by atoms with Gasteiger partial charge in [-0.15, -0.1) is 0 Å². The van der Waals surface area contributed by atoms with Crippen molar-refractivity contribution in [2.75, 3.05) is 5.32 Å². The molecule has 0 saturated carbocycles. The first-order valence-corrected chi connectivity index (χ1v) is 11.4. The topological polar surface area (TPSA) is 138 Å². The van der Waals surface area contributed by atoms with Gasteiger partial charge in [-0.3, -0.25) is 4.79 Å². The molecular weight excluding hydrogens is 436 g/mol. The predicted molar refractivity (Wildman–Crippen MR) is 117 cm³/mol. The Balaban J connectivity index is 1.73. The van der Waals surface area contributed by atoms with Crippen LogP contribution in [-0.2, 0) is 30.9 Å². The maximum atomic E-state index is 12.8. The molecule has 1 heterocycles. The number of ether oxygens (including phenoxy) is 2. The van der Waals surface area contributed by atoms with Crippen LogP contribution in [0.2, 0.25) is 0 Å². The molecule has 3 aromatic rings. The normalized spacial score (nSPS) is 12.7.